The monoisotopic (exact) mass is 510 g/mol. The second kappa shape index (κ2) is 10.7. The first-order chi connectivity index (χ1) is 18.1. The molecule has 0 amide bonds. The second-order valence-corrected chi connectivity index (χ2v) is 9.28. The molecule has 1 aromatic heterocycles. The average molecular weight is 511 g/mol. The minimum absolute atomic E-state index is 0.214. The van der Waals surface area contributed by atoms with Crippen molar-refractivity contribution in [2.45, 2.75) is 13.8 Å². The highest BCUT2D eigenvalue weighted by Crippen LogP contribution is 2.44. The van der Waals surface area contributed by atoms with E-state index in [1.54, 1.807) is 13.8 Å². The smallest absolute Gasteiger partial charge is 0.350 e. The number of anilines is 4. The molecule has 0 unspecified atom stereocenters. The molecule has 5 aromatic rings. The highest BCUT2D eigenvalue weighted by atomic mass is 32.1. The van der Waals surface area contributed by atoms with E-state index < -0.39 is 11.9 Å². The fourth-order valence-electron chi connectivity index (χ4n) is 4.29. The average Bonchev–Trinajstić information content (AvgIpc) is 3.27. The van der Waals surface area contributed by atoms with Crippen LogP contribution in [0.5, 0.6) is 0 Å². The van der Waals surface area contributed by atoms with Gasteiger partial charge >= 0.3 is 11.9 Å². The van der Waals surface area contributed by atoms with Gasteiger partial charge in [0, 0.05) is 22.1 Å². The van der Waals surface area contributed by atoms with E-state index in [9.17, 15) is 9.59 Å². The first-order valence-electron chi connectivity index (χ1n) is 12.1. The lowest BCUT2D eigenvalue weighted by Crippen LogP contribution is -2.07. The summed E-state index contributed by atoms with van der Waals surface area (Å²) in [6.45, 7) is 3.94. The zero-order valence-corrected chi connectivity index (χ0v) is 21.4. The number of rotatable bonds is 8. The lowest BCUT2D eigenvalue weighted by Gasteiger charge is -2.16. The van der Waals surface area contributed by atoms with E-state index in [0.29, 0.717) is 21.1 Å². The zero-order chi connectivity index (χ0) is 25.8. The predicted octanol–water partition coefficient (Wildman–Crippen LogP) is 7.90. The van der Waals surface area contributed by atoms with Gasteiger partial charge in [0.15, 0.2) is 0 Å². The molecule has 0 saturated heterocycles. The van der Waals surface area contributed by atoms with Gasteiger partial charge in [0.1, 0.15) is 9.75 Å². The van der Waals surface area contributed by atoms with E-state index in [1.165, 1.54) is 0 Å². The van der Waals surface area contributed by atoms with Crippen molar-refractivity contribution in [3.8, 4) is 0 Å². The summed E-state index contributed by atoms with van der Waals surface area (Å²) in [5.41, 5.74) is 2.54. The van der Waals surface area contributed by atoms with Gasteiger partial charge in [0.25, 0.3) is 0 Å². The van der Waals surface area contributed by atoms with Crippen LogP contribution in [0.3, 0.4) is 0 Å². The molecule has 0 atom stereocenters. The van der Waals surface area contributed by atoms with Crippen LogP contribution in [-0.4, -0.2) is 25.2 Å². The molecule has 0 radical (unpaired) electrons. The van der Waals surface area contributed by atoms with Crippen molar-refractivity contribution in [2.24, 2.45) is 0 Å². The molecule has 4 aromatic carbocycles. The first kappa shape index (κ1) is 24.3. The van der Waals surface area contributed by atoms with Gasteiger partial charge in [0.2, 0.25) is 0 Å². The van der Waals surface area contributed by atoms with Crippen molar-refractivity contribution in [3.63, 3.8) is 0 Å². The molecule has 0 saturated carbocycles. The molecule has 0 spiro atoms. The molecule has 0 aliphatic heterocycles. The third-order valence-electron chi connectivity index (χ3n) is 5.93. The van der Waals surface area contributed by atoms with E-state index in [-0.39, 0.29) is 13.2 Å². The number of benzene rings is 4. The van der Waals surface area contributed by atoms with Crippen LogP contribution in [0.15, 0.2) is 84.9 Å². The normalized spacial score (nSPS) is 10.9. The lowest BCUT2D eigenvalue weighted by atomic mass is 10.1. The summed E-state index contributed by atoms with van der Waals surface area (Å²) in [7, 11) is 0. The van der Waals surface area contributed by atoms with Crippen molar-refractivity contribution in [3.05, 3.63) is 94.7 Å². The molecule has 186 valence electrons. The van der Waals surface area contributed by atoms with Gasteiger partial charge < -0.3 is 20.1 Å². The third-order valence-corrected chi connectivity index (χ3v) is 7.08. The van der Waals surface area contributed by atoms with Crippen molar-refractivity contribution in [1.29, 1.82) is 0 Å². The third kappa shape index (κ3) is 4.86. The SMILES string of the molecule is CCOC(=O)c1sc(C(=O)OCC)c(Nc2cccc3ccccc23)c1Nc1cccc2ccccc12. The van der Waals surface area contributed by atoms with Crippen LogP contribution >= 0.6 is 11.3 Å². The highest BCUT2D eigenvalue weighted by molar-refractivity contribution is 7.17. The summed E-state index contributed by atoms with van der Waals surface area (Å²) in [4.78, 5) is 26.8. The molecule has 37 heavy (non-hydrogen) atoms. The maximum absolute atomic E-state index is 13.1. The molecule has 7 heteroatoms. The minimum atomic E-state index is -0.508. The maximum atomic E-state index is 13.1. The number of hydrogen-bond donors (Lipinski definition) is 2. The zero-order valence-electron chi connectivity index (χ0n) is 20.5. The van der Waals surface area contributed by atoms with Gasteiger partial charge in [-0.15, -0.1) is 11.3 Å². The Balaban J connectivity index is 1.71. The Labute approximate surface area is 218 Å². The highest BCUT2D eigenvalue weighted by Gasteiger charge is 2.29. The van der Waals surface area contributed by atoms with E-state index in [4.69, 9.17) is 9.47 Å². The largest absolute Gasteiger partial charge is 0.462 e. The molecule has 1 heterocycles. The summed E-state index contributed by atoms with van der Waals surface area (Å²) in [6.07, 6.45) is 0. The number of thiophene rings is 1. The summed E-state index contributed by atoms with van der Waals surface area (Å²) in [5, 5.41) is 11.0. The molecule has 5 rings (SSSR count). The topological polar surface area (TPSA) is 76.7 Å². The Morgan fingerprint density at radius 1 is 0.622 bits per heavy atom. The number of esters is 2. The molecular weight excluding hydrogens is 484 g/mol. The van der Waals surface area contributed by atoms with Crippen molar-refractivity contribution < 1.29 is 19.1 Å². The number of carbonyl (C=O) groups is 2. The van der Waals surface area contributed by atoms with E-state index in [0.717, 1.165) is 44.3 Å². The number of ether oxygens (including phenoxy) is 2. The van der Waals surface area contributed by atoms with Gasteiger partial charge in [0.05, 0.1) is 24.6 Å². The Kier molecular flexibility index (Phi) is 7.05. The van der Waals surface area contributed by atoms with Gasteiger partial charge in [-0.25, -0.2) is 9.59 Å². The van der Waals surface area contributed by atoms with Gasteiger partial charge in [-0.05, 0) is 36.8 Å². The molecule has 0 bridgehead atoms. The molecule has 2 N–H and O–H groups in total. The molecular formula is C30H26N2O4S. The van der Waals surface area contributed by atoms with Crippen molar-refractivity contribution in [2.75, 3.05) is 23.8 Å². The van der Waals surface area contributed by atoms with E-state index in [2.05, 4.69) is 10.6 Å². The minimum Gasteiger partial charge on any atom is -0.462 e. The Morgan fingerprint density at radius 2 is 1.03 bits per heavy atom. The fourth-order valence-corrected chi connectivity index (χ4v) is 5.29. The molecule has 0 fully saturated rings. The van der Waals surface area contributed by atoms with Crippen LogP contribution in [0.4, 0.5) is 22.7 Å². The van der Waals surface area contributed by atoms with Crippen LogP contribution < -0.4 is 10.6 Å². The lowest BCUT2D eigenvalue weighted by molar-refractivity contribution is 0.0526. The van der Waals surface area contributed by atoms with Crippen LogP contribution in [0.1, 0.15) is 33.2 Å². The summed E-state index contributed by atoms with van der Waals surface area (Å²) >= 11 is 1.06. The summed E-state index contributed by atoms with van der Waals surface area (Å²) < 4.78 is 10.7. The van der Waals surface area contributed by atoms with E-state index in [1.807, 2.05) is 84.9 Å². The summed E-state index contributed by atoms with van der Waals surface area (Å²) in [5.74, 6) is -1.02. The number of fused-ring (bicyclic) bond motifs is 2. The Morgan fingerprint density at radius 3 is 1.46 bits per heavy atom. The maximum Gasteiger partial charge on any atom is 0.350 e. The number of hydrogen-bond acceptors (Lipinski definition) is 7. The van der Waals surface area contributed by atoms with Gasteiger partial charge in [-0.2, -0.15) is 0 Å². The van der Waals surface area contributed by atoms with Crippen LogP contribution in [0, 0.1) is 0 Å². The fraction of sp³-hybridized carbons (Fsp3) is 0.133. The standard InChI is InChI=1S/C30H26N2O4S/c1-3-35-29(33)27-25(31-23-17-9-13-19-11-5-7-15-21(19)23)26(28(37-27)30(34)36-4-2)32-24-18-10-14-20-12-6-8-16-22(20)24/h5-18,31-32H,3-4H2,1-2H3. The Bertz CT molecular complexity index is 1480. The van der Waals surface area contributed by atoms with Gasteiger partial charge in [-0.3, -0.25) is 0 Å². The molecule has 0 aliphatic rings. The second-order valence-electron chi connectivity index (χ2n) is 8.25. The Hall–Kier alpha value is -4.36. The number of nitrogens with one attached hydrogen (secondary N) is 2. The van der Waals surface area contributed by atoms with Crippen LogP contribution in [0.2, 0.25) is 0 Å². The van der Waals surface area contributed by atoms with E-state index >= 15 is 0 Å². The van der Waals surface area contributed by atoms with Crippen molar-refractivity contribution in [1.82, 2.24) is 0 Å². The van der Waals surface area contributed by atoms with Crippen LogP contribution in [0.25, 0.3) is 21.5 Å². The predicted molar refractivity (Wildman–Crippen MR) is 151 cm³/mol. The summed E-state index contributed by atoms with van der Waals surface area (Å²) in [6, 6.07) is 27.8. The number of carbonyl (C=O) groups excluding carboxylic acids is 2. The molecule has 0 aliphatic carbocycles. The van der Waals surface area contributed by atoms with Gasteiger partial charge in [-0.1, -0.05) is 72.8 Å². The van der Waals surface area contributed by atoms with Crippen molar-refractivity contribution >= 4 is 67.6 Å². The molecule has 6 nitrogen and oxygen atoms in total. The van der Waals surface area contributed by atoms with Crippen LogP contribution in [-0.2, 0) is 9.47 Å². The quantitative estimate of drug-likeness (QED) is 0.207. The first-order valence-corrected chi connectivity index (χ1v) is 12.9.